The number of ether oxygens (including phenoxy) is 4. The third kappa shape index (κ3) is 11.4. The number of aryl methyl sites for hydroxylation is 2. The van der Waals surface area contributed by atoms with Crippen LogP contribution in [0, 0.1) is 11.8 Å². The standard InChI is InChI=1S/C57H66O12/c1-36(32-59)45-23-22-37-16-18-40(19-17-37)30-42(21-20-39-12-9-13-41(29-39)28-38-10-5-3-6-11-38)31-49(62)66-53-51-48(69-57(2,54(53)68-55(45)63)44-14-7-4-8-15-44)25-24-46-47(33-60)50(56(64)67-52(46)51)43(26-27-58)34-65-35-61/h3,5-6,9-13,16-19,24-25,29,42-44,53-54,58-61H,4,7-8,14-15,20-23,26-28,30-35H2,1-2H3/b45-36-/t42-,43+,53+,54-,57-/m0/s1. The van der Waals surface area contributed by atoms with Gasteiger partial charge in [-0.05, 0) is 129 Å². The van der Waals surface area contributed by atoms with Gasteiger partial charge in [-0.15, -0.1) is 0 Å². The first kappa shape index (κ1) is 49.8. The van der Waals surface area contributed by atoms with Crippen LogP contribution in [0.4, 0.5) is 0 Å². The van der Waals surface area contributed by atoms with Crippen LogP contribution >= 0.6 is 0 Å². The summed E-state index contributed by atoms with van der Waals surface area (Å²) in [7, 11) is 0. The Labute approximate surface area is 403 Å². The van der Waals surface area contributed by atoms with E-state index < -0.39 is 54.7 Å². The third-order valence-electron chi connectivity index (χ3n) is 14.8. The summed E-state index contributed by atoms with van der Waals surface area (Å²) in [6, 6.07) is 30.6. The summed E-state index contributed by atoms with van der Waals surface area (Å²) in [4.78, 5) is 44.1. The molecule has 12 heteroatoms. The molecule has 12 nitrogen and oxygen atoms in total. The van der Waals surface area contributed by atoms with Gasteiger partial charge in [0.2, 0.25) is 0 Å². The van der Waals surface area contributed by atoms with E-state index in [1.807, 2.05) is 25.1 Å². The van der Waals surface area contributed by atoms with E-state index in [1.165, 1.54) is 16.7 Å². The normalized spacial score (nSPS) is 22.6. The van der Waals surface area contributed by atoms with Crippen LogP contribution in [0.1, 0.15) is 128 Å². The van der Waals surface area contributed by atoms with E-state index in [9.17, 15) is 34.8 Å². The molecule has 5 atom stereocenters. The summed E-state index contributed by atoms with van der Waals surface area (Å²) >= 11 is 0. The van der Waals surface area contributed by atoms with Crippen molar-refractivity contribution in [3.05, 3.63) is 157 Å². The maximum absolute atomic E-state index is 15.0. The topological polar surface area (TPSA) is 182 Å². The highest BCUT2D eigenvalue weighted by molar-refractivity contribution is 5.90. The maximum Gasteiger partial charge on any atom is 0.340 e. The fourth-order valence-corrected chi connectivity index (χ4v) is 11.0. The van der Waals surface area contributed by atoms with Crippen molar-refractivity contribution in [2.24, 2.45) is 11.8 Å². The zero-order valence-electron chi connectivity index (χ0n) is 39.8. The number of hydrogen-bond acceptors (Lipinski definition) is 12. The van der Waals surface area contributed by atoms with E-state index in [1.54, 1.807) is 19.1 Å². The number of carbonyl (C=O) groups is 2. The minimum absolute atomic E-state index is 0.00357. The molecular weight excluding hydrogens is 877 g/mol. The smallest absolute Gasteiger partial charge is 0.340 e. The summed E-state index contributed by atoms with van der Waals surface area (Å²) in [5, 5.41) is 41.2. The number of carbonyl (C=O) groups excluding carboxylic acids is 2. The first-order valence-electron chi connectivity index (χ1n) is 24.6. The highest BCUT2D eigenvalue weighted by Gasteiger charge is 2.56. The van der Waals surface area contributed by atoms with Gasteiger partial charge in [0, 0.05) is 41.4 Å². The van der Waals surface area contributed by atoms with Crippen LogP contribution in [0.3, 0.4) is 0 Å². The first-order valence-corrected chi connectivity index (χ1v) is 24.6. The number of rotatable bonds is 14. The molecule has 1 fully saturated rings. The van der Waals surface area contributed by atoms with E-state index in [0.717, 1.165) is 56.1 Å². The molecule has 4 N–H and O–H groups in total. The van der Waals surface area contributed by atoms with Gasteiger partial charge in [-0.1, -0.05) is 98.1 Å². The van der Waals surface area contributed by atoms with Gasteiger partial charge in [-0.3, -0.25) is 4.79 Å². The Bertz CT molecular complexity index is 2650. The van der Waals surface area contributed by atoms with Crippen molar-refractivity contribution in [3.63, 3.8) is 0 Å². The molecule has 0 radical (unpaired) electrons. The number of aliphatic hydroxyl groups excluding tert-OH is 4. The molecule has 4 aromatic carbocycles. The Hall–Kier alpha value is -5.63. The number of esters is 2. The van der Waals surface area contributed by atoms with Crippen molar-refractivity contribution in [2.75, 3.05) is 26.6 Å². The SMILES string of the molecule is C/C(CO)=C1\CCc2ccc(cc2)C[C@H](CCc2cccc(Cc3ccccc3)c2)CC(=O)O[C@@H]2c3c(ccc4c(CO)c([C@H](CCO)COCO)c(=O)oc34)O[C@@](C)(C3CCCCC3)[C@H]2OC1=O. The molecule has 366 valence electrons. The fourth-order valence-electron chi connectivity index (χ4n) is 11.0. The van der Waals surface area contributed by atoms with Gasteiger partial charge < -0.3 is 43.8 Å². The van der Waals surface area contributed by atoms with Crippen LogP contribution in [0.2, 0.25) is 0 Å². The molecule has 4 heterocycles. The molecule has 0 saturated heterocycles. The Kier molecular flexibility index (Phi) is 16.5. The summed E-state index contributed by atoms with van der Waals surface area (Å²) in [5.74, 6) is -1.92. The molecule has 4 aliphatic rings. The van der Waals surface area contributed by atoms with Crippen molar-refractivity contribution < 1.29 is 53.4 Å². The molecule has 1 aliphatic carbocycles. The van der Waals surface area contributed by atoms with Crippen LogP contribution in [-0.2, 0) is 56.1 Å². The lowest BCUT2D eigenvalue weighted by Crippen LogP contribution is -2.58. The number of hydrogen-bond donors (Lipinski definition) is 4. The Morgan fingerprint density at radius 1 is 0.812 bits per heavy atom. The number of benzene rings is 4. The summed E-state index contributed by atoms with van der Waals surface area (Å²) in [6.07, 6.45) is 5.58. The maximum atomic E-state index is 15.0. The fraction of sp³-hybridized carbons (Fsp3) is 0.456. The van der Waals surface area contributed by atoms with Gasteiger partial charge in [-0.25, -0.2) is 9.59 Å². The van der Waals surface area contributed by atoms with Crippen molar-refractivity contribution >= 4 is 22.9 Å². The van der Waals surface area contributed by atoms with Crippen LogP contribution < -0.4 is 10.4 Å². The lowest BCUT2D eigenvalue weighted by atomic mass is 9.71. The van der Waals surface area contributed by atoms with Gasteiger partial charge in [0.15, 0.2) is 12.2 Å². The summed E-state index contributed by atoms with van der Waals surface area (Å²) < 4.78 is 32.0. The number of aliphatic hydroxyl groups is 4. The van der Waals surface area contributed by atoms with E-state index in [2.05, 4.69) is 60.7 Å². The van der Waals surface area contributed by atoms with Crippen LogP contribution in [0.15, 0.2) is 111 Å². The molecule has 3 aliphatic heterocycles. The molecule has 9 rings (SSSR count). The average molecular weight is 943 g/mol. The Balaban J connectivity index is 1.24. The average Bonchev–Trinajstić information content (AvgIpc) is 3.36. The highest BCUT2D eigenvalue weighted by atomic mass is 16.6. The predicted octanol–water partition coefficient (Wildman–Crippen LogP) is 8.67. The molecule has 2 bridgehead atoms. The van der Waals surface area contributed by atoms with Gasteiger partial charge in [0.1, 0.15) is 23.7 Å². The summed E-state index contributed by atoms with van der Waals surface area (Å²) in [6.45, 7) is 1.61. The second-order valence-electron chi connectivity index (χ2n) is 19.4. The van der Waals surface area contributed by atoms with Gasteiger partial charge >= 0.3 is 17.6 Å². The van der Waals surface area contributed by atoms with Crippen molar-refractivity contribution in [1.82, 2.24) is 0 Å². The van der Waals surface area contributed by atoms with E-state index >= 15 is 0 Å². The van der Waals surface area contributed by atoms with Gasteiger partial charge in [0.05, 0.1) is 25.4 Å². The third-order valence-corrected chi connectivity index (χ3v) is 14.8. The lowest BCUT2D eigenvalue weighted by Gasteiger charge is -2.50. The second-order valence-corrected chi connectivity index (χ2v) is 19.4. The van der Waals surface area contributed by atoms with E-state index in [0.29, 0.717) is 41.5 Å². The first-order chi connectivity index (χ1) is 33.5. The largest absolute Gasteiger partial charge is 0.483 e. The molecule has 5 aromatic rings. The molecule has 1 saturated carbocycles. The van der Waals surface area contributed by atoms with Crippen molar-refractivity contribution in [3.8, 4) is 5.75 Å². The molecule has 1 aromatic heterocycles. The zero-order valence-corrected chi connectivity index (χ0v) is 39.8. The second kappa shape index (κ2) is 22.9. The minimum Gasteiger partial charge on any atom is -0.483 e. The van der Waals surface area contributed by atoms with Crippen LogP contribution in [0.5, 0.6) is 5.75 Å². The molecule has 0 unspecified atom stereocenters. The molecular formula is C57H66O12. The van der Waals surface area contributed by atoms with Crippen molar-refractivity contribution in [1.29, 1.82) is 0 Å². The zero-order chi connectivity index (χ0) is 48.5. The highest BCUT2D eigenvalue weighted by Crippen LogP contribution is 2.52. The predicted molar refractivity (Wildman–Crippen MR) is 261 cm³/mol. The summed E-state index contributed by atoms with van der Waals surface area (Å²) in [5.41, 5.74) is 4.91. The van der Waals surface area contributed by atoms with Gasteiger partial charge in [-0.2, -0.15) is 0 Å². The Morgan fingerprint density at radius 2 is 1.55 bits per heavy atom. The van der Waals surface area contributed by atoms with E-state index in [-0.39, 0.29) is 73.2 Å². The number of fused-ring (bicyclic) bond motifs is 13. The van der Waals surface area contributed by atoms with Crippen LogP contribution in [0.25, 0.3) is 11.0 Å². The lowest BCUT2D eigenvalue weighted by molar-refractivity contribution is -0.201. The van der Waals surface area contributed by atoms with Gasteiger partial charge in [0.25, 0.3) is 0 Å². The minimum atomic E-state index is -1.33. The molecule has 0 amide bonds. The van der Waals surface area contributed by atoms with E-state index in [4.69, 9.17) is 23.4 Å². The van der Waals surface area contributed by atoms with Crippen LogP contribution in [-0.4, -0.2) is 70.7 Å². The molecule has 69 heavy (non-hydrogen) atoms. The molecule has 0 spiro atoms. The Morgan fingerprint density at radius 3 is 2.28 bits per heavy atom. The quantitative estimate of drug-likeness (QED) is 0.0361. The van der Waals surface area contributed by atoms with Crippen molar-refractivity contribution in [2.45, 2.75) is 128 Å². The monoisotopic (exact) mass is 942 g/mol.